The van der Waals surface area contributed by atoms with Crippen LogP contribution in [0.5, 0.6) is 5.75 Å². The second-order valence-electron chi connectivity index (χ2n) is 3.22. The molecule has 2 aromatic carbocycles. The lowest BCUT2D eigenvalue weighted by Crippen LogP contribution is -1.79. The molecular formula is C13H9N3O. The zero-order valence-corrected chi connectivity index (χ0v) is 8.95. The smallest absolute Gasteiger partial charge is 0.292 e. The molecule has 2 aromatic rings. The second kappa shape index (κ2) is 5.42. The van der Waals surface area contributed by atoms with E-state index in [1.807, 2.05) is 30.3 Å². The zero-order valence-electron chi connectivity index (χ0n) is 8.95. The van der Waals surface area contributed by atoms with Crippen LogP contribution in [-0.2, 0) is 0 Å². The molecule has 0 radical (unpaired) electrons. The molecule has 0 atom stereocenters. The summed E-state index contributed by atoms with van der Waals surface area (Å²) in [5.41, 5.74) is 1.50. The standard InChI is InChI=1S/C13H9N3O/c14-10-17-13-8-6-12(7-9-13)16-15-11-4-2-1-3-5-11/h1-9H. The van der Waals surface area contributed by atoms with Gasteiger partial charge in [0.2, 0.25) is 0 Å². The molecule has 0 saturated carbocycles. The fourth-order valence-corrected chi connectivity index (χ4v) is 1.24. The summed E-state index contributed by atoms with van der Waals surface area (Å²) in [6.45, 7) is 0. The Balaban J connectivity index is 2.09. The molecule has 0 heterocycles. The van der Waals surface area contributed by atoms with Crippen molar-refractivity contribution in [2.75, 3.05) is 0 Å². The minimum Gasteiger partial charge on any atom is -0.388 e. The van der Waals surface area contributed by atoms with Crippen molar-refractivity contribution >= 4 is 11.4 Å². The van der Waals surface area contributed by atoms with Crippen molar-refractivity contribution in [3.8, 4) is 12.0 Å². The maximum Gasteiger partial charge on any atom is 0.292 e. The molecule has 0 aromatic heterocycles. The van der Waals surface area contributed by atoms with E-state index in [0.29, 0.717) is 11.4 Å². The van der Waals surface area contributed by atoms with Crippen LogP contribution in [0.15, 0.2) is 64.8 Å². The number of hydrogen-bond acceptors (Lipinski definition) is 4. The van der Waals surface area contributed by atoms with Crippen LogP contribution in [0.25, 0.3) is 0 Å². The number of nitrogens with zero attached hydrogens (tertiary/aromatic N) is 3. The van der Waals surface area contributed by atoms with Crippen molar-refractivity contribution in [3.63, 3.8) is 0 Å². The van der Waals surface area contributed by atoms with Gasteiger partial charge >= 0.3 is 0 Å². The Kier molecular flexibility index (Phi) is 3.46. The molecule has 4 nitrogen and oxygen atoms in total. The van der Waals surface area contributed by atoms with Gasteiger partial charge in [-0.2, -0.15) is 10.2 Å². The Hall–Kier alpha value is -2.67. The summed E-state index contributed by atoms with van der Waals surface area (Å²) in [6.07, 6.45) is 1.61. The first-order valence-electron chi connectivity index (χ1n) is 5.01. The highest BCUT2D eigenvalue weighted by molar-refractivity contribution is 5.42. The van der Waals surface area contributed by atoms with Crippen LogP contribution in [0.4, 0.5) is 11.4 Å². The predicted molar refractivity (Wildman–Crippen MR) is 63.3 cm³/mol. The van der Waals surface area contributed by atoms with E-state index in [1.54, 1.807) is 30.5 Å². The van der Waals surface area contributed by atoms with Gasteiger partial charge in [-0.25, -0.2) is 0 Å². The first kappa shape index (κ1) is 10.8. The molecule has 82 valence electrons. The molecule has 0 amide bonds. The van der Waals surface area contributed by atoms with Gasteiger partial charge < -0.3 is 4.74 Å². The third-order valence-corrected chi connectivity index (χ3v) is 2.04. The SMILES string of the molecule is N#COc1ccc(N=Nc2ccccc2)cc1. The number of rotatable bonds is 3. The molecule has 0 saturated heterocycles. The summed E-state index contributed by atoms with van der Waals surface area (Å²) in [5.74, 6) is 0.492. The van der Waals surface area contributed by atoms with E-state index in [2.05, 4.69) is 15.0 Å². The van der Waals surface area contributed by atoms with E-state index in [0.717, 1.165) is 5.69 Å². The summed E-state index contributed by atoms with van der Waals surface area (Å²) in [4.78, 5) is 0. The number of ether oxygens (including phenoxy) is 1. The number of azo groups is 1. The van der Waals surface area contributed by atoms with Gasteiger partial charge in [0.05, 0.1) is 11.4 Å². The van der Waals surface area contributed by atoms with Gasteiger partial charge in [0.25, 0.3) is 6.26 Å². The van der Waals surface area contributed by atoms with E-state index >= 15 is 0 Å². The van der Waals surface area contributed by atoms with Crippen LogP contribution in [0, 0.1) is 11.5 Å². The molecule has 0 aliphatic rings. The van der Waals surface area contributed by atoms with Crippen molar-refractivity contribution in [3.05, 3.63) is 54.6 Å². The summed E-state index contributed by atoms with van der Waals surface area (Å²) >= 11 is 0. The monoisotopic (exact) mass is 223 g/mol. The predicted octanol–water partition coefficient (Wildman–Crippen LogP) is 3.96. The van der Waals surface area contributed by atoms with Gasteiger partial charge in [0.15, 0.2) is 0 Å². The van der Waals surface area contributed by atoms with Crippen LogP contribution in [-0.4, -0.2) is 0 Å². The third kappa shape index (κ3) is 3.14. The van der Waals surface area contributed by atoms with Crippen LogP contribution in [0.2, 0.25) is 0 Å². The average molecular weight is 223 g/mol. The number of hydrogen-bond donors (Lipinski definition) is 0. The molecule has 0 spiro atoms. The molecule has 4 heteroatoms. The molecule has 2 rings (SSSR count). The molecule has 0 unspecified atom stereocenters. The van der Waals surface area contributed by atoms with Crippen LogP contribution < -0.4 is 4.74 Å². The average Bonchev–Trinajstić information content (AvgIpc) is 2.40. The highest BCUT2D eigenvalue weighted by atomic mass is 16.5. The van der Waals surface area contributed by atoms with Crippen molar-refractivity contribution in [1.29, 1.82) is 5.26 Å². The normalized spacial score (nSPS) is 10.1. The Morgan fingerprint density at radius 1 is 0.824 bits per heavy atom. The fraction of sp³-hybridized carbons (Fsp3) is 0. The van der Waals surface area contributed by atoms with Gasteiger partial charge in [0.1, 0.15) is 5.75 Å². The first-order chi connectivity index (χ1) is 8.38. The lowest BCUT2D eigenvalue weighted by Gasteiger charge is -1.95. The summed E-state index contributed by atoms with van der Waals surface area (Å²) in [5, 5.41) is 16.5. The van der Waals surface area contributed by atoms with Crippen molar-refractivity contribution in [2.45, 2.75) is 0 Å². The van der Waals surface area contributed by atoms with Crippen LogP contribution >= 0.6 is 0 Å². The van der Waals surface area contributed by atoms with Gasteiger partial charge in [-0.15, -0.1) is 5.26 Å². The molecule has 17 heavy (non-hydrogen) atoms. The topological polar surface area (TPSA) is 57.7 Å². The Morgan fingerprint density at radius 2 is 1.41 bits per heavy atom. The maximum atomic E-state index is 8.33. The Morgan fingerprint density at radius 3 is 2.00 bits per heavy atom. The van der Waals surface area contributed by atoms with E-state index < -0.39 is 0 Å². The maximum absolute atomic E-state index is 8.33. The lowest BCUT2D eigenvalue weighted by molar-refractivity contribution is 0.507. The van der Waals surface area contributed by atoms with Gasteiger partial charge in [-0.05, 0) is 36.4 Å². The minimum absolute atomic E-state index is 0.492. The fourth-order valence-electron chi connectivity index (χ4n) is 1.24. The lowest BCUT2D eigenvalue weighted by atomic mass is 10.3. The number of nitriles is 1. The van der Waals surface area contributed by atoms with Gasteiger partial charge in [-0.3, -0.25) is 0 Å². The molecule has 0 aliphatic carbocycles. The van der Waals surface area contributed by atoms with Crippen molar-refractivity contribution in [2.24, 2.45) is 10.2 Å². The zero-order chi connectivity index (χ0) is 11.9. The Bertz CT molecular complexity index is 541. The molecule has 0 fully saturated rings. The first-order valence-corrected chi connectivity index (χ1v) is 5.01. The van der Waals surface area contributed by atoms with Crippen LogP contribution in [0.1, 0.15) is 0 Å². The Labute approximate surface area is 98.8 Å². The highest BCUT2D eigenvalue weighted by Crippen LogP contribution is 2.20. The van der Waals surface area contributed by atoms with Gasteiger partial charge in [0, 0.05) is 0 Å². The van der Waals surface area contributed by atoms with Crippen molar-refractivity contribution < 1.29 is 4.74 Å². The van der Waals surface area contributed by atoms with E-state index in [4.69, 9.17) is 5.26 Å². The van der Waals surface area contributed by atoms with Crippen molar-refractivity contribution in [1.82, 2.24) is 0 Å². The molecule has 0 bridgehead atoms. The van der Waals surface area contributed by atoms with E-state index in [9.17, 15) is 0 Å². The minimum atomic E-state index is 0.492. The van der Waals surface area contributed by atoms with Crippen LogP contribution in [0.3, 0.4) is 0 Å². The summed E-state index contributed by atoms with van der Waals surface area (Å²) in [6, 6.07) is 16.3. The molecule has 0 aliphatic heterocycles. The third-order valence-electron chi connectivity index (χ3n) is 2.04. The molecular weight excluding hydrogens is 214 g/mol. The summed E-state index contributed by atoms with van der Waals surface area (Å²) < 4.78 is 4.66. The second-order valence-corrected chi connectivity index (χ2v) is 3.22. The highest BCUT2D eigenvalue weighted by Gasteiger charge is 1.93. The molecule has 0 N–H and O–H groups in total. The summed E-state index contributed by atoms with van der Waals surface area (Å²) in [7, 11) is 0. The number of benzene rings is 2. The quantitative estimate of drug-likeness (QED) is 0.584. The largest absolute Gasteiger partial charge is 0.388 e. The van der Waals surface area contributed by atoms with Gasteiger partial charge in [-0.1, -0.05) is 18.2 Å². The van der Waals surface area contributed by atoms with E-state index in [1.165, 1.54) is 0 Å². The van der Waals surface area contributed by atoms with E-state index in [-0.39, 0.29) is 0 Å².